The summed E-state index contributed by atoms with van der Waals surface area (Å²) in [4.78, 5) is 12.6. The van der Waals surface area contributed by atoms with E-state index in [9.17, 15) is 10.2 Å². The van der Waals surface area contributed by atoms with Crippen molar-refractivity contribution in [3.05, 3.63) is 6.33 Å². The Morgan fingerprint density at radius 1 is 1.42 bits per heavy atom. The van der Waals surface area contributed by atoms with Gasteiger partial charge in [-0.05, 0) is 0 Å². The van der Waals surface area contributed by atoms with Crippen molar-refractivity contribution in [1.82, 2.24) is 19.5 Å². The molecule has 0 radical (unpaired) electrons. The molecule has 0 spiro atoms. The molecule has 24 heavy (non-hydrogen) atoms. The van der Waals surface area contributed by atoms with Crippen LogP contribution < -0.4 is 5.73 Å². The third-order valence-electron chi connectivity index (χ3n) is 3.81. The normalized spacial score (nSPS) is 27.2. The summed E-state index contributed by atoms with van der Waals surface area (Å²) in [6, 6.07) is 0. The third-order valence-corrected chi connectivity index (χ3v) is 4.75. The number of aromatic nitrogens is 4. The molecule has 2 aromatic heterocycles. The summed E-state index contributed by atoms with van der Waals surface area (Å²) in [6.07, 6.45) is -1.94. The van der Waals surface area contributed by atoms with Gasteiger partial charge in [0.05, 0.1) is 13.2 Å². The molecule has 0 amide bonds. The molecule has 0 bridgehead atoms. The van der Waals surface area contributed by atoms with Crippen molar-refractivity contribution >= 4 is 28.7 Å². The first-order chi connectivity index (χ1) is 11.6. The maximum atomic E-state index is 10.3. The minimum absolute atomic E-state index is 0.0316. The van der Waals surface area contributed by atoms with Gasteiger partial charge in [0.15, 0.2) is 28.4 Å². The van der Waals surface area contributed by atoms with Gasteiger partial charge in [-0.1, -0.05) is 11.8 Å². The molecule has 3 rings (SSSR count). The highest BCUT2D eigenvalue weighted by atomic mass is 32.2. The summed E-state index contributed by atoms with van der Waals surface area (Å²) in [5, 5.41) is 29.2. The van der Waals surface area contributed by atoms with Crippen LogP contribution in [-0.2, 0) is 9.47 Å². The molecule has 0 aromatic carbocycles. The topological polar surface area (TPSA) is 149 Å². The third kappa shape index (κ3) is 2.83. The number of rotatable bonds is 6. The highest BCUT2D eigenvalue weighted by Crippen LogP contribution is 2.37. The number of nitrogens with zero attached hydrogens (tertiary/aromatic N) is 4. The lowest BCUT2D eigenvalue weighted by Crippen LogP contribution is -2.34. The number of aliphatic hydroxyl groups is 3. The maximum Gasteiger partial charge on any atom is 0.172 e. The van der Waals surface area contributed by atoms with Crippen molar-refractivity contribution in [3.8, 4) is 0 Å². The number of imidazole rings is 1. The van der Waals surface area contributed by atoms with Crippen LogP contribution in [-0.4, -0.2) is 79.2 Å². The number of hydrogen-bond acceptors (Lipinski definition) is 10. The van der Waals surface area contributed by atoms with E-state index in [2.05, 4.69) is 15.0 Å². The van der Waals surface area contributed by atoms with E-state index in [1.165, 1.54) is 25.2 Å². The number of fused-ring (bicyclic) bond motifs is 1. The fourth-order valence-electron chi connectivity index (χ4n) is 2.71. The minimum atomic E-state index is -1.00. The van der Waals surface area contributed by atoms with Crippen LogP contribution in [0.5, 0.6) is 0 Å². The van der Waals surface area contributed by atoms with Gasteiger partial charge in [-0.15, -0.1) is 0 Å². The van der Waals surface area contributed by atoms with Crippen molar-refractivity contribution < 1.29 is 24.8 Å². The van der Waals surface area contributed by atoms with Crippen LogP contribution in [0.4, 0.5) is 5.82 Å². The maximum absolute atomic E-state index is 10.3. The standard InChI is InChI=1S/C13H19N5O5S/c1-22-9-8(21)6(4-20)23-12(9)18-11-7(10(14)15-5-16-11)17-13(18)24-3-2-19/h5-6,8-9,12,19-21H,2-4H2,1H3,(H2,14,15,16)/t6-,8-,9-,12-/m1/s1. The lowest BCUT2D eigenvalue weighted by Gasteiger charge is -2.21. The fraction of sp³-hybridized carbons (Fsp3) is 0.615. The smallest absolute Gasteiger partial charge is 0.172 e. The van der Waals surface area contributed by atoms with Gasteiger partial charge in [-0.2, -0.15) is 0 Å². The molecule has 1 saturated heterocycles. The van der Waals surface area contributed by atoms with Crippen LogP contribution in [0.25, 0.3) is 11.2 Å². The number of thioether (sulfide) groups is 1. The molecular weight excluding hydrogens is 338 g/mol. The summed E-state index contributed by atoms with van der Waals surface area (Å²) >= 11 is 1.29. The Balaban J connectivity index is 2.11. The molecule has 1 fully saturated rings. The van der Waals surface area contributed by atoms with Crippen LogP contribution in [0.15, 0.2) is 11.5 Å². The number of anilines is 1. The van der Waals surface area contributed by atoms with E-state index in [0.717, 1.165) is 0 Å². The summed E-state index contributed by atoms with van der Waals surface area (Å²) in [5.41, 5.74) is 6.70. The van der Waals surface area contributed by atoms with Crippen LogP contribution in [0.3, 0.4) is 0 Å². The highest BCUT2D eigenvalue weighted by molar-refractivity contribution is 7.99. The van der Waals surface area contributed by atoms with Crippen molar-refractivity contribution in [2.75, 3.05) is 31.8 Å². The fourth-order valence-corrected chi connectivity index (χ4v) is 3.47. The molecule has 1 aliphatic heterocycles. The molecule has 4 atom stereocenters. The average Bonchev–Trinajstić information content (AvgIpc) is 3.10. The van der Waals surface area contributed by atoms with Gasteiger partial charge in [0.2, 0.25) is 0 Å². The van der Waals surface area contributed by atoms with Gasteiger partial charge in [-0.3, -0.25) is 4.57 Å². The number of hydrogen-bond donors (Lipinski definition) is 4. The quantitative estimate of drug-likeness (QED) is 0.462. The first kappa shape index (κ1) is 17.3. The Morgan fingerprint density at radius 3 is 2.88 bits per heavy atom. The van der Waals surface area contributed by atoms with Gasteiger partial charge in [0.1, 0.15) is 24.6 Å². The molecule has 1 aliphatic rings. The summed E-state index contributed by atoms with van der Waals surface area (Å²) < 4.78 is 12.8. The van der Waals surface area contributed by atoms with Gasteiger partial charge in [-0.25, -0.2) is 15.0 Å². The Morgan fingerprint density at radius 2 is 2.21 bits per heavy atom. The molecule has 11 heteroatoms. The van der Waals surface area contributed by atoms with Gasteiger partial charge in [0.25, 0.3) is 0 Å². The van der Waals surface area contributed by atoms with Crippen molar-refractivity contribution in [2.24, 2.45) is 0 Å². The minimum Gasteiger partial charge on any atom is -0.396 e. The van der Waals surface area contributed by atoms with Crippen LogP contribution >= 0.6 is 11.8 Å². The zero-order valence-corrected chi connectivity index (χ0v) is 13.8. The predicted molar refractivity (Wildman–Crippen MR) is 85.3 cm³/mol. The van der Waals surface area contributed by atoms with Gasteiger partial charge < -0.3 is 30.5 Å². The van der Waals surface area contributed by atoms with Gasteiger partial charge in [0, 0.05) is 12.9 Å². The summed E-state index contributed by atoms with van der Waals surface area (Å²) in [5.74, 6) is 0.628. The number of ether oxygens (including phenoxy) is 2. The largest absolute Gasteiger partial charge is 0.396 e. The van der Waals surface area contributed by atoms with E-state index in [1.54, 1.807) is 4.57 Å². The second-order valence-corrected chi connectivity index (χ2v) is 6.27. The van der Waals surface area contributed by atoms with Crippen molar-refractivity contribution in [3.63, 3.8) is 0 Å². The number of methoxy groups -OCH3 is 1. The lowest BCUT2D eigenvalue weighted by molar-refractivity contribution is -0.0623. The summed E-state index contributed by atoms with van der Waals surface area (Å²) in [6.45, 7) is -0.378. The predicted octanol–water partition coefficient (Wildman–Crippen LogP) is -1.24. The number of aliphatic hydroxyl groups excluding tert-OH is 3. The first-order valence-electron chi connectivity index (χ1n) is 7.31. The zero-order valence-electron chi connectivity index (χ0n) is 12.9. The summed E-state index contributed by atoms with van der Waals surface area (Å²) in [7, 11) is 1.45. The molecule has 10 nitrogen and oxygen atoms in total. The van der Waals surface area contributed by atoms with Crippen LogP contribution in [0, 0.1) is 0 Å². The molecule has 5 N–H and O–H groups in total. The van der Waals surface area contributed by atoms with E-state index < -0.39 is 24.5 Å². The number of nitrogen functional groups attached to an aromatic ring is 1. The molecule has 0 unspecified atom stereocenters. The Kier molecular flexibility index (Phi) is 5.18. The van der Waals surface area contributed by atoms with Crippen LogP contribution in [0.2, 0.25) is 0 Å². The first-order valence-corrected chi connectivity index (χ1v) is 8.30. The molecule has 132 valence electrons. The second kappa shape index (κ2) is 7.17. The van der Waals surface area contributed by atoms with E-state index in [-0.39, 0.29) is 19.0 Å². The Bertz CT molecular complexity index is 713. The Labute approximate surface area is 141 Å². The number of nitrogens with two attached hydrogens (primary N) is 1. The highest BCUT2D eigenvalue weighted by Gasteiger charge is 2.46. The van der Waals surface area contributed by atoms with Crippen LogP contribution in [0.1, 0.15) is 6.23 Å². The van der Waals surface area contributed by atoms with Gasteiger partial charge >= 0.3 is 0 Å². The SMILES string of the molecule is CO[C@@H]1[C@H](O)[C@@H](CO)O[C@H]1n1c(SCCO)nc2c(N)ncnc21. The lowest BCUT2D eigenvalue weighted by atomic mass is 10.1. The Hall–Kier alpha value is -1.50. The van der Waals surface area contributed by atoms with Crippen molar-refractivity contribution in [1.29, 1.82) is 0 Å². The van der Waals surface area contributed by atoms with E-state index in [4.69, 9.17) is 20.3 Å². The molecule has 2 aromatic rings. The van der Waals surface area contributed by atoms with E-state index >= 15 is 0 Å². The van der Waals surface area contributed by atoms with E-state index in [1.807, 2.05) is 0 Å². The molecular formula is C13H19N5O5S. The second-order valence-electron chi connectivity index (χ2n) is 5.21. The molecule has 0 aliphatic carbocycles. The van der Waals surface area contributed by atoms with E-state index in [0.29, 0.717) is 22.1 Å². The monoisotopic (exact) mass is 357 g/mol. The van der Waals surface area contributed by atoms with Crippen molar-refractivity contribution in [2.45, 2.75) is 29.7 Å². The molecule has 3 heterocycles. The average molecular weight is 357 g/mol. The zero-order chi connectivity index (χ0) is 17.3. The molecule has 0 saturated carbocycles.